The molecule has 0 fully saturated rings. The second kappa shape index (κ2) is 8.45. The van der Waals surface area contributed by atoms with E-state index < -0.39 is 0 Å². The first-order valence-corrected chi connectivity index (χ1v) is 7.02. The highest BCUT2D eigenvalue weighted by molar-refractivity contribution is 8.02. The molecule has 0 bridgehead atoms. The third-order valence-corrected chi connectivity index (χ3v) is 3.97. The van der Waals surface area contributed by atoms with Gasteiger partial charge >= 0.3 is 0 Å². The van der Waals surface area contributed by atoms with Crippen molar-refractivity contribution in [2.45, 2.75) is 31.1 Å². The van der Waals surface area contributed by atoms with Crippen LogP contribution in [0.4, 0.5) is 0 Å². The molecule has 2 heterocycles. The Morgan fingerprint density at radius 2 is 2.07 bits per heavy atom. The summed E-state index contributed by atoms with van der Waals surface area (Å²) < 4.78 is 5.10. The van der Waals surface area contributed by atoms with Gasteiger partial charge in [-0.2, -0.15) is 0 Å². The van der Waals surface area contributed by atoms with Crippen molar-refractivity contribution in [2.75, 3.05) is 12.9 Å². The average molecular weight is 230 g/mol. The van der Waals surface area contributed by atoms with Gasteiger partial charge in [0.05, 0.1) is 0 Å². The molecule has 2 aliphatic rings. The van der Waals surface area contributed by atoms with Crippen LogP contribution in [0.1, 0.15) is 25.7 Å². The summed E-state index contributed by atoms with van der Waals surface area (Å²) in [6.07, 6.45) is 9.42. The molecular weight excluding hydrogens is 212 g/mol. The molecule has 1 nitrogen and oxygen atoms in total. The molecule has 0 aromatic heterocycles. The third-order valence-electron chi connectivity index (χ3n) is 1.98. The fraction of sp³-hybridized carbons (Fsp3) is 0.636. The van der Waals surface area contributed by atoms with Crippen molar-refractivity contribution in [3.63, 3.8) is 0 Å². The van der Waals surface area contributed by atoms with E-state index in [9.17, 15) is 0 Å². The van der Waals surface area contributed by atoms with Gasteiger partial charge in [-0.1, -0.05) is 12.2 Å². The van der Waals surface area contributed by atoms with Crippen LogP contribution in [0.2, 0.25) is 0 Å². The van der Waals surface area contributed by atoms with Crippen LogP contribution in [-0.4, -0.2) is 18.3 Å². The summed E-state index contributed by atoms with van der Waals surface area (Å²) in [6, 6.07) is 0. The van der Waals surface area contributed by atoms with Crippen LogP contribution in [0.15, 0.2) is 23.0 Å². The maximum absolute atomic E-state index is 5.10. The largest absolute Gasteiger partial charge is 0.370 e. The minimum atomic E-state index is 0.417. The normalized spacial score (nSPS) is 25.4. The molecule has 0 amide bonds. The van der Waals surface area contributed by atoms with Gasteiger partial charge < -0.3 is 4.74 Å². The Hall–Kier alpha value is 0.140. The molecule has 3 heteroatoms. The van der Waals surface area contributed by atoms with Crippen molar-refractivity contribution >= 4 is 23.5 Å². The lowest BCUT2D eigenvalue weighted by Crippen LogP contribution is -2.05. The number of rotatable bonds is 1. The summed E-state index contributed by atoms with van der Waals surface area (Å²) in [5, 5.41) is 4.29. The van der Waals surface area contributed by atoms with Gasteiger partial charge in [-0.15, -0.1) is 23.5 Å². The van der Waals surface area contributed by atoms with Gasteiger partial charge in [0, 0.05) is 7.11 Å². The van der Waals surface area contributed by atoms with Gasteiger partial charge in [0.15, 0.2) is 0 Å². The topological polar surface area (TPSA) is 9.23 Å². The summed E-state index contributed by atoms with van der Waals surface area (Å²) in [4.78, 5) is 0. The molecular formula is C11H18OS2. The molecule has 0 saturated heterocycles. The summed E-state index contributed by atoms with van der Waals surface area (Å²) in [5.41, 5.74) is 0.417. The molecule has 0 aromatic carbocycles. The van der Waals surface area contributed by atoms with Crippen LogP contribution in [-0.2, 0) is 4.74 Å². The van der Waals surface area contributed by atoms with Crippen LogP contribution >= 0.6 is 23.5 Å². The van der Waals surface area contributed by atoms with Crippen LogP contribution in [0.25, 0.3) is 0 Å². The number of hydrogen-bond donors (Lipinski definition) is 0. The lowest BCUT2D eigenvalue weighted by atomic mass is 10.3. The van der Waals surface area contributed by atoms with Gasteiger partial charge in [-0.3, -0.25) is 0 Å². The number of thioether (sulfide) groups is 2. The molecule has 0 aliphatic carbocycles. The van der Waals surface area contributed by atoms with E-state index in [2.05, 4.69) is 23.0 Å². The van der Waals surface area contributed by atoms with Crippen molar-refractivity contribution in [3.05, 3.63) is 23.0 Å². The summed E-state index contributed by atoms with van der Waals surface area (Å²) in [5.74, 6) is 1.33. The average Bonchev–Trinajstić information content (AvgIpc) is 2.33. The second-order valence-corrected chi connectivity index (χ2v) is 5.22. The molecule has 14 heavy (non-hydrogen) atoms. The van der Waals surface area contributed by atoms with Crippen molar-refractivity contribution in [2.24, 2.45) is 0 Å². The minimum absolute atomic E-state index is 0.417. The highest BCUT2D eigenvalue weighted by atomic mass is 32.2. The maximum Gasteiger partial charge on any atom is 0.107 e. The van der Waals surface area contributed by atoms with E-state index in [1.54, 1.807) is 18.9 Å². The number of ether oxygens (including phenoxy) is 1. The fourth-order valence-corrected chi connectivity index (χ4v) is 2.72. The zero-order chi connectivity index (χ0) is 10.1. The van der Waals surface area contributed by atoms with Crippen molar-refractivity contribution in [1.29, 1.82) is 0 Å². The Kier molecular flexibility index (Phi) is 7.37. The molecule has 1 atom stereocenters. The Morgan fingerprint density at radius 3 is 2.36 bits per heavy atom. The predicted octanol–water partition coefficient (Wildman–Crippen LogP) is 4.03. The first kappa shape index (κ1) is 12.2. The van der Waals surface area contributed by atoms with Gasteiger partial charge in [0.1, 0.15) is 5.44 Å². The molecule has 0 radical (unpaired) electrons. The Morgan fingerprint density at radius 1 is 1.21 bits per heavy atom. The fourth-order valence-electron chi connectivity index (χ4n) is 1.17. The Labute approximate surface area is 95.4 Å². The summed E-state index contributed by atoms with van der Waals surface area (Å²) >= 11 is 3.67. The minimum Gasteiger partial charge on any atom is -0.370 e. The Balaban J connectivity index is 0.000000146. The molecule has 1 unspecified atom stereocenters. The molecule has 2 aliphatic heterocycles. The predicted molar refractivity (Wildman–Crippen MR) is 67.6 cm³/mol. The molecule has 2 rings (SSSR count). The second-order valence-electron chi connectivity index (χ2n) is 3.14. The highest BCUT2D eigenvalue weighted by Gasteiger charge is 2.06. The van der Waals surface area contributed by atoms with E-state index in [4.69, 9.17) is 4.74 Å². The highest BCUT2D eigenvalue weighted by Crippen LogP contribution is 2.23. The van der Waals surface area contributed by atoms with Crippen LogP contribution in [0, 0.1) is 0 Å². The lowest BCUT2D eigenvalue weighted by Gasteiger charge is -2.13. The van der Waals surface area contributed by atoms with Crippen LogP contribution < -0.4 is 0 Å². The number of allylic oxidation sites excluding steroid dienone is 2. The zero-order valence-electron chi connectivity index (χ0n) is 8.65. The van der Waals surface area contributed by atoms with E-state index in [0.717, 1.165) is 6.42 Å². The number of methoxy groups -OCH3 is 1. The monoisotopic (exact) mass is 230 g/mol. The Bertz CT molecular complexity index is 182. The van der Waals surface area contributed by atoms with Crippen LogP contribution in [0.3, 0.4) is 0 Å². The quantitative estimate of drug-likeness (QED) is 0.673. The van der Waals surface area contributed by atoms with Gasteiger partial charge in [0.25, 0.3) is 0 Å². The maximum atomic E-state index is 5.10. The first-order valence-electron chi connectivity index (χ1n) is 5.03. The molecule has 0 saturated carbocycles. The van der Waals surface area contributed by atoms with Crippen LogP contribution in [0.5, 0.6) is 0 Å². The van der Waals surface area contributed by atoms with Gasteiger partial charge in [0.2, 0.25) is 0 Å². The summed E-state index contributed by atoms with van der Waals surface area (Å²) in [7, 11) is 1.76. The SMILES string of the molecule is C1=CSCCC1.COC1CCC=CS1. The van der Waals surface area contributed by atoms with E-state index in [0.29, 0.717) is 5.44 Å². The third kappa shape index (κ3) is 5.78. The van der Waals surface area contributed by atoms with Crippen molar-refractivity contribution < 1.29 is 4.74 Å². The van der Waals surface area contributed by atoms with E-state index >= 15 is 0 Å². The first-order chi connectivity index (χ1) is 6.93. The zero-order valence-corrected chi connectivity index (χ0v) is 10.3. The number of hydrogen-bond acceptors (Lipinski definition) is 3. The molecule has 80 valence electrons. The van der Waals surface area contributed by atoms with Gasteiger partial charge in [-0.05, 0) is 42.3 Å². The van der Waals surface area contributed by atoms with E-state index in [1.165, 1.54) is 25.0 Å². The standard InChI is InChI=1S/C6H10OS.C5H8S/c1-7-6-4-2-3-5-8-6;1-2-4-6-5-3-1/h3,5-6H,2,4H2,1H3;2,4H,1,3,5H2. The lowest BCUT2D eigenvalue weighted by molar-refractivity contribution is 0.166. The summed E-state index contributed by atoms with van der Waals surface area (Å²) in [6.45, 7) is 0. The molecule has 0 N–H and O–H groups in total. The molecule has 0 spiro atoms. The molecule has 0 aromatic rings. The van der Waals surface area contributed by atoms with Gasteiger partial charge in [-0.25, -0.2) is 0 Å². The van der Waals surface area contributed by atoms with E-state index in [-0.39, 0.29) is 0 Å². The van der Waals surface area contributed by atoms with E-state index in [1.807, 2.05) is 11.8 Å². The smallest absolute Gasteiger partial charge is 0.107 e. The van der Waals surface area contributed by atoms with Crippen molar-refractivity contribution in [1.82, 2.24) is 0 Å². The van der Waals surface area contributed by atoms with Crippen molar-refractivity contribution in [3.8, 4) is 0 Å².